The second-order valence-corrected chi connectivity index (χ2v) is 8.30. The Balaban J connectivity index is 1.43. The SMILES string of the molecule is Cc1ccn(O)c(=NCCCOc2ccc3c(c2)Cc2ccccc2[C@H](CC(=O)O)C3)c1. The van der Waals surface area contributed by atoms with Gasteiger partial charge in [0.1, 0.15) is 5.75 Å². The average molecular weight is 433 g/mol. The van der Waals surface area contributed by atoms with Crippen LogP contribution in [0.15, 0.2) is 65.8 Å². The molecule has 0 saturated heterocycles. The molecule has 0 saturated carbocycles. The van der Waals surface area contributed by atoms with E-state index in [-0.39, 0.29) is 12.3 Å². The first-order chi connectivity index (χ1) is 15.5. The Labute approximate surface area is 187 Å². The average Bonchev–Trinajstić information content (AvgIpc) is 2.91. The van der Waals surface area contributed by atoms with Crippen molar-refractivity contribution in [2.75, 3.05) is 13.2 Å². The third kappa shape index (κ3) is 5.19. The van der Waals surface area contributed by atoms with Crippen molar-refractivity contribution < 1.29 is 19.8 Å². The number of nitrogens with zero attached hydrogens (tertiary/aromatic N) is 2. The van der Waals surface area contributed by atoms with Gasteiger partial charge in [0.25, 0.3) is 0 Å². The van der Waals surface area contributed by atoms with E-state index >= 15 is 0 Å². The van der Waals surface area contributed by atoms with E-state index in [2.05, 4.69) is 29.3 Å². The molecule has 2 aromatic carbocycles. The Kier molecular flexibility index (Phi) is 6.59. The van der Waals surface area contributed by atoms with Gasteiger partial charge in [-0.15, -0.1) is 0 Å². The van der Waals surface area contributed by atoms with Crippen LogP contribution in [-0.2, 0) is 17.6 Å². The lowest BCUT2D eigenvalue weighted by Gasteiger charge is -2.16. The van der Waals surface area contributed by atoms with E-state index in [1.807, 2.05) is 37.3 Å². The van der Waals surface area contributed by atoms with Crippen LogP contribution >= 0.6 is 0 Å². The number of benzene rings is 2. The second kappa shape index (κ2) is 9.73. The normalized spacial score (nSPS) is 15.5. The van der Waals surface area contributed by atoms with Crippen LogP contribution in [0.5, 0.6) is 5.75 Å². The summed E-state index contributed by atoms with van der Waals surface area (Å²) in [5.74, 6) is 0.0240. The molecule has 1 heterocycles. The quantitative estimate of drug-likeness (QED) is 0.435. The topological polar surface area (TPSA) is 84.0 Å². The number of fused-ring (bicyclic) bond motifs is 2. The van der Waals surface area contributed by atoms with E-state index in [4.69, 9.17) is 4.74 Å². The number of hydrogen-bond donors (Lipinski definition) is 2. The largest absolute Gasteiger partial charge is 0.494 e. The molecule has 1 aliphatic carbocycles. The van der Waals surface area contributed by atoms with Crippen molar-refractivity contribution >= 4 is 5.97 Å². The minimum absolute atomic E-state index is 0.0192. The Hall–Kier alpha value is -3.54. The Morgan fingerprint density at radius 2 is 1.97 bits per heavy atom. The lowest BCUT2D eigenvalue weighted by atomic mass is 9.89. The summed E-state index contributed by atoms with van der Waals surface area (Å²) in [5.41, 5.74) is 6.26. The van der Waals surface area contributed by atoms with Gasteiger partial charge in [0.15, 0.2) is 5.49 Å². The number of carboxylic acids is 1. The first-order valence-corrected chi connectivity index (χ1v) is 10.9. The summed E-state index contributed by atoms with van der Waals surface area (Å²) >= 11 is 0. The summed E-state index contributed by atoms with van der Waals surface area (Å²) in [6.07, 6.45) is 3.94. The Morgan fingerprint density at radius 1 is 1.12 bits per heavy atom. The minimum atomic E-state index is -0.768. The number of ether oxygens (including phenoxy) is 1. The van der Waals surface area contributed by atoms with Gasteiger partial charge in [-0.1, -0.05) is 30.3 Å². The fourth-order valence-electron chi connectivity index (χ4n) is 4.27. The molecule has 0 aliphatic heterocycles. The van der Waals surface area contributed by atoms with E-state index in [9.17, 15) is 15.1 Å². The Morgan fingerprint density at radius 3 is 2.81 bits per heavy atom. The molecule has 1 aliphatic rings. The number of aromatic nitrogens is 1. The molecule has 0 fully saturated rings. The third-order valence-corrected chi connectivity index (χ3v) is 5.86. The van der Waals surface area contributed by atoms with Crippen molar-refractivity contribution in [1.29, 1.82) is 0 Å². The van der Waals surface area contributed by atoms with Crippen LogP contribution in [0.4, 0.5) is 0 Å². The smallest absolute Gasteiger partial charge is 0.303 e. The van der Waals surface area contributed by atoms with Crippen molar-refractivity contribution in [3.63, 3.8) is 0 Å². The van der Waals surface area contributed by atoms with Crippen LogP contribution in [0.2, 0.25) is 0 Å². The maximum Gasteiger partial charge on any atom is 0.303 e. The summed E-state index contributed by atoms with van der Waals surface area (Å²) in [6, 6.07) is 17.9. The van der Waals surface area contributed by atoms with Crippen LogP contribution in [0.1, 0.15) is 46.6 Å². The van der Waals surface area contributed by atoms with Gasteiger partial charge in [-0.2, -0.15) is 4.73 Å². The van der Waals surface area contributed by atoms with Gasteiger partial charge in [0.2, 0.25) is 0 Å². The van der Waals surface area contributed by atoms with Crippen molar-refractivity contribution in [3.8, 4) is 5.75 Å². The van der Waals surface area contributed by atoms with Gasteiger partial charge in [-0.25, -0.2) is 0 Å². The van der Waals surface area contributed by atoms with Gasteiger partial charge >= 0.3 is 5.97 Å². The van der Waals surface area contributed by atoms with E-state index < -0.39 is 5.97 Å². The maximum atomic E-state index is 11.4. The van der Waals surface area contributed by atoms with Crippen LogP contribution in [0.25, 0.3) is 0 Å². The summed E-state index contributed by atoms with van der Waals surface area (Å²) in [7, 11) is 0. The van der Waals surface area contributed by atoms with Crippen LogP contribution in [-0.4, -0.2) is 34.2 Å². The van der Waals surface area contributed by atoms with Gasteiger partial charge in [0.05, 0.1) is 13.0 Å². The van der Waals surface area contributed by atoms with Gasteiger partial charge in [-0.05, 0) is 77.8 Å². The number of aryl methyl sites for hydroxylation is 1. The zero-order valence-electron chi connectivity index (χ0n) is 18.2. The molecule has 1 aromatic heterocycles. The molecule has 2 N–H and O–H groups in total. The highest BCUT2D eigenvalue weighted by atomic mass is 16.5. The summed E-state index contributed by atoms with van der Waals surface area (Å²) in [4.78, 5) is 15.8. The van der Waals surface area contributed by atoms with Crippen molar-refractivity contribution in [2.24, 2.45) is 4.99 Å². The summed E-state index contributed by atoms with van der Waals surface area (Å²) < 4.78 is 6.98. The van der Waals surface area contributed by atoms with Crippen molar-refractivity contribution in [2.45, 2.75) is 38.5 Å². The predicted molar refractivity (Wildman–Crippen MR) is 121 cm³/mol. The molecule has 0 spiro atoms. The maximum absolute atomic E-state index is 11.4. The first kappa shape index (κ1) is 21.7. The van der Waals surface area contributed by atoms with E-state index in [0.29, 0.717) is 18.6 Å². The standard InChI is InChI=1S/C26H28N2O4/c1-18-9-11-28(31)25(13-18)27-10-4-12-32-23-8-7-19-14-22(17-26(29)30)24-6-3-2-5-20(24)15-21(19)16-23/h2-3,5-9,11,13,16,22,31H,4,10,12,14-15,17H2,1H3,(H,29,30)/t22-/m0/s1. The van der Waals surface area contributed by atoms with Crippen LogP contribution in [0.3, 0.4) is 0 Å². The molecule has 0 unspecified atom stereocenters. The molecule has 3 aromatic rings. The summed E-state index contributed by atoms with van der Waals surface area (Å²) in [6.45, 7) is 3.04. The second-order valence-electron chi connectivity index (χ2n) is 8.30. The molecule has 32 heavy (non-hydrogen) atoms. The zero-order valence-corrected chi connectivity index (χ0v) is 18.2. The molecule has 1 atom stereocenters. The number of hydrogen-bond acceptors (Lipinski definition) is 4. The molecule has 0 bridgehead atoms. The number of pyridine rings is 1. The molecule has 0 radical (unpaired) electrons. The summed E-state index contributed by atoms with van der Waals surface area (Å²) in [5, 5.41) is 19.2. The lowest BCUT2D eigenvalue weighted by molar-refractivity contribution is -0.137. The molecular formula is C26H28N2O4. The number of carbonyl (C=O) groups is 1. The highest BCUT2D eigenvalue weighted by Crippen LogP contribution is 2.35. The van der Waals surface area contributed by atoms with Gasteiger partial charge in [0, 0.05) is 19.2 Å². The predicted octanol–water partition coefficient (Wildman–Crippen LogP) is 4.11. The number of aliphatic carboxylic acids is 1. The van der Waals surface area contributed by atoms with Gasteiger partial charge in [-0.3, -0.25) is 9.79 Å². The van der Waals surface area contributed by atoms with Crippen molar-refractivity contribution in [1.82, 2.24) is 4.73 Å². The molecule has 6 nitrogen and oxygen atoms in total. The lowest BCUT2D eigenvalue weighted by Crippen LogP contribution is -2.18. The molecule has 6 heteroatoms. The Bertz CT molecular complexity index is 1180. The zero-order chi connectivity index (χ0) is 22.5. The molecule has 166 valence electrons. The fraction of sp³-hybridized carbons (Fsp3) is 0.308. The molecule has 4 rings (SSSR count). The fourth-order valence-corrected chi connectivity index (χ4v) is 4.27. The highest BCUT2D eigenvalue weighted by Gasteiger charge is 2.24. The number of carboxylic acid groups (broad SMARTS) is 1. The highest BCUT2D eigenvalue weighted by molar-refractivity contribution is 5.68. The van der Waals surface area contributed by atoms with Crippen LogP contribution < -0.4 is 10.2 Å². The monoisotopic (exact) mass is 432 g/mol. The first-order valence-electron chi connectivity index (χ1n) is 10.9. The van der Waals surface area contributed by atoms with E-state index in [1.54, 1.807) is 6.20 Å². The molecular weight excluding hydrogens is 404 g/mol. The van der Waals surface area contributed by atoms with Gasteiger partial charge < -0.3 is 15.1 Å². The van der Waals surface area contributed by atoms with E-state index in [1.165, 1.54) is 16.7 Å². The number of rotatable bonds is 7. The van der Waals surface area contributed by atoms with Crippen LogP contribution in [0, 0.1) is 6.92 Å². The minimum Gasteiger partial charge on any atom is -0.494 e. The van der Waals surface area contributed by atoms with Crippen molar-refractivity contribution in [3.05, 3.63) is 94.1 Å². The third-order valence-electron chi connectivity index (χ3n) is 5.86. The van der Waals surface area contributed by atoms with E-state index in [0.717, 1.165) is 40.9 Å². The molecule has 0 amide bonds.